The van der Waals surface area contributed by atoms with E-state index in [2.05, 4.69) is 12.2 Å². The summed E-state index contributed by atoms with van der Waals surface area (Å²) < 4.78 is 21.4. The molecule has 0 saturated carbocycles. The summed E-state index contributed by atoms with van der Waals surface area (Å²) in [6.07, 6.45) is 11.1. The van der Waals surface area contributed by atoms with E-state index < -0.39 is 54.1 Å². The molecule has 0 saturated heterocycles. The lowest BCUT2D eigenvalue weighted by molar-refractivity contribution is -0.183. The second-order valence-electron chi connectivity index (χ2n) is 9.38. The van der Waals surface area contributed by atoms with Gasteiger partial charge in [-0.2, -0.15) is 0 Å². The Balaban J connectivity index is 5.60. The molecule has 4 atom stereocenters. The number of ether oxygens (including phenoxy) is 4. The van der Waals surface area contributed by atoms with E-state index in [0.29, 0.717) is 6.42 Å². The summed E-state index contributed by atoms with van der Waals surface area (Å²) in [7, 11) is 0. The van der Waals surface area contributed by atoms with Crippen LogP contribution in [-0.4, -0.2) is 60.7 Å². The van der Waals surface area contributed by atoms with Gasteiger partial charge in [0.25, 0.3) is 0 Å². The van der Waals surface area contributed by atoms with Crippen molar-refractivity contribution in [3.8, 4) is 0 Å². The van der Waals surface area contributed by atoms with E-state index in [1.54, 1.807) is 6.08 Å². The fourth-order valence-electron chi connectivity index (χ4n) is 3.98. The lowest BCUT2D eigenvalue weighted by atomic mass is 9.99. The highest BCUT2D eigenvalue weighted by Gasteiger charge is 2.41. The molecule has 0 aromatic heterocycles. The standard InChI is InChI=1S/C28H47NO9/c1-7-8-9-10-11-12-13-14-15-16-17-18-26(36-22(4)32)28(38-24(6)34)27(37-23(5)33)25(29-20(2)30)19-35-21(3)31/h17-18,25-28H,7-16,19H2,1-6H3,(H,29,30)/b18-17-/t25-,26+,27-,28+/m0/s1. The lowest BCUT2D eigenvalue weighted by Crippen LogP contribution is -2.57. The highest BCUT2D eigenvalue weighted by molar-refractivity contribution is 5.74. The van der Waals surface area contributed by atoms with Crippen molar-refractivity contribution in [2.75, 3.05) is 6.61 Å². The van der Waals surface area contributed by atoms with E-state index in [1.165, 1.54) is 59.3 Å². The summed E-state index contributed by atoms with van der Waals surface area (Å²) in [4.78, 5) is 59.2. The van der Waals surface area contributed by atoms with E-state index >= 15 is 0 Å². The molecule has 0 unspecified atom stereocenters. The maximum Gasteiger partial charge on any atom is 0.303 e. The molecule has 0 aliphatic heterocycles. The van der Waals surface area contributed by atoms with E-state index in [-0.39, 0.29) is 6.61 Å². The molecule has 0 aromatic rings. The van der Waals surface area contributed by atoms with Crippen LogP contribution in [0.25, 0.3) is 0 Å². The van der Waals surface area contributed by atoms with Gasteiger partial charge in [0.2, 0.25) is 5.91 Å². The van der Waals surface area contributed by atoms with Gasteiger partial charge < -0.3 is 24.3 Å². The molecule has 0 aromatic carbocycles. The Morgan fingerprint density at radius 1 is 0.658 bits per heavy atom. The number of hydrogen-bond donors (Lipinski definition) is 1. The Morgan fingerprint density at radius 3 is 1.63 bits per heavy atom. The average molecular weight is 542 g/mol. The first kappa shape index (κ1) is 35.1. The molecular formula is C28H47NO9. The molecule has 1 N–H and O–H groups in total. The number of rotatable bonds is 20. The van der Waals surface area contributed by atoms with Gasteiger partial charge in [-0.15, -0.1) is 0 Å². The lowest BCUT2D eigenvalue weighted by Gasteiger charge is -2.35. The van der Waals surface area contributed by atoms with E-state index in [1.807, 2.05) is 6.08 Å². The number of hydrogen-bond acceptors (Lipinski definition) is 9. The Labute approximate surface area is 227 Å². The fourth-order valence-corrected chi connectivity index (χ4v) is 3.98. The Morgan fingerprint density at radius 2 is 1.16 bits per heavy atom. The summed E-state index contributed by atoms with van der Waals surface area (Å²) in [6.45, 7) is 7.78. The van der Waals surface area contributed by atoms with Crippen molar-refractivity contribution >= 4 is 29.8 Å². The van der Waals surface area contributed by atoms with Crippen LogP contribution in [0, 0.1) is 0 Å². The van der Waals surface area contributed by atoms with Crippen LogP contribution >= 0.6 is 0 Å². The molecule has 0 aliphatic rings. The Hall–Kier alpha value is -2.91. The van der Waals surface area contributed by atoms with Gasteiger partial charge in [-0.05, 0) is 18.9 Å². The van der Waals surface area contributed by atoms with Crippen LogP contribution in [0.3, 0.4) is 0 Å². The van der Waals surface area contributed by atoms with Gasteiger partial charge in [-0.3, -0.25) is 24.0 Å². The van der Waals surface area contributed by atoms with Gasteiger partial charge in [0.05, 0.1) is 0 Å². The zero-order valence-electron chi connectivity index (χ0n) is 23.9. The number of nitrogens with one attached hydrogen (secondary N) is 1. The normalized spacial score (nSPS) is 14.2. The maximum atomic E-state index is 12.0. The van der Waals surface area contributed by atoms with Crippen LogP contribution in [0.1, 0.15) is 106 Å². The molecule has 0 bridgehead atoms. The number of unbranched alkanes of at least 4 members (excludes halogenated alkanes) is 9. The van der Waals surface area contributed by atoms with Crippen molar-refractivity contribution < 1.29 is 42.9 Å². The summed E-state index contributed by atoms with van der Waals surface area (Å²) >= 11 is 0. The second-order valence-corrected chi connectivity index (χ2v) is 9.38. The molecule has 38 heavy (non-hydrogen) atoms. The van der Waals surface area contributed by atoms with Crippen molar-refractivity contribution in [3.63, 3.8) is 0 Å². The summed E-state index contributed by atoms with van der Waals surface area (Å²) in [5.74, 6) is -3.21. The first-order valence-corrected chi connectivity index (χ1v) is 13.6. The van der Waals surface area contributed by atoms with Crippen LogP contribution in [-0.2, 0) is 42.9 Å². The molecule has 0 heterocycles. The first-order chi connectivity index (χ1) is 18.0. The van der Waals surface area contributed by atoms with Crippen LogP contribution < -0.4 is 5.32 Å². The molecule has 218 valence electrons. The number of carbonyl (C=O) groups is 5. The van der Waals surface area contributed by atoms with Gasteiger partial charge in [0, 0.05) is 34.6 Å². The molecule has 0 aliphatic carbocycles. The van der Waals surface area contributed by atoms with Gasteiger partial charge in [-0.25, -0.2) is 0 Å². The van der Waals surface area contributed by atoms with E-state index in [4.69, 9.17) is 18.9 Å². The van der Waals surface area contributed by atoms with Crippen molar-refractivity contribution in [3.05, 3.63) is 12.2 Å². The molecule has 1 amide bonds. The zero-order chi connectivity index (χ0) is 28.9. The van der Waals surface area contributed by atoms with Crippen molar-refractivity contribution in [2.45, 2.75) is 130 Å². The molecule has 0 rings (SSSR count). The van der Waals surface area contributed by atoms with Gasteiger partial charge >= 0.3 is 23.9 Å². The highest BCUT2D eigenvalue weighted by Crippen LogP contribution is 2.20. The number of amides is 1. The summed E-state index contributed by atoms with van der Waals surface area (Å²) in [6, 6.07) is -1.08. The number of allylic oxidation sites excluding steroid dienone is 1. The van der Waals surface area contributed by atoms with E-state index in [9.17, 15) is 24.0 Å². The molecule has 0 fully saturated rings. The minimum absolute atomic E-state index is 0.362. The molecule has 10 nitrogen and oxygen atoms in total. The smallest absolute Gasteiger partial charge is 0.303 e. The molecule has 0 radical (unpaired) electrons. The van der Waals surface area contributed by atoms with Gasteiger partial charge in [0.1, 0.15) is 12.6 Å². The SMILES string of the molecule is CCCCCCCCCCC/C=C\[C@@H](OC(C)=O)[C@@H](OC(C)=O)[C@@H](OC(C)=O)[C@H](COC(C)=O)NC(C)=O. The highest BCUT2D eigenvalue weighted by atomic mass is 16.6. The van der Waals surface area contributed by atoms with Crippen molar-refractivity contribution in [1.82, 2.24) is 5.32 Å². The van der Waals surface area contributed by atoms with Crippen molar-refractivity contribution in [2.24, 2.45) is 0 Å². The van der Waals surface area contributed by atoms with Crippen molar-refractivity contribution in [1.29, 1.82) is 0 Å². The van der Waals surface area contributed by atoms with Gasteiger partial charge in [0.15, 0.2) is 18.3 Å². The largest absolute Gasteiger partial charge is 0.464 e. The third-order valence-electron chi connectivity index (χ3n) is 5.61. The zero-order valence-corrected chi connectivity index (χ0v) is 23.9. The summed E-state index contributed by atoms with van der Waals surface area (Å²) in [5.41, 5.74) is 0. The minimum Gasteiger partial charge on any atom is -0.464 e. The third kappa shape index (κ3) is 18.4. The number of carbonyl (C=O) groups excluding carboxylic acids is 5. The maximum absolute atomic E-state index is 12.0. The monoisotopic (exact) mass is 541 g/mol. The van der Waals surface area contributed by atoms with Crippen LogP contribution in [0.5, 0.6) is 0 Å². The quantitative estimate of drug-likeness (QED) is 0.103. The van der Waals surface area contributed by atoms with Crippen LogP contribution in [0.4, 0.5) is 0 Å². The predicted octanol–water partition coefficient (Wildman–Crippen LogP) is 4.33. The topological polar surface area (TPSA) is 134 Å². The Kier molecular flexibility index (Phi) is 19.5. The Bertz CT molecular complexity index is 765. The van der Waals surface area contributed by atoms with Crippen LogP contribution in [0.15, 0.2) is 12.2 Å². The predicted molar refractivity (Wildman–Crippen MR) is 142 cm³/mol. The third-order valence-corrected chi connectivity index (χ3v) is 5.61. The van der Waals surface area contributed by atoms with Gasteiger partial charge in [-0.1, -0.05) is 64.4 Å². The average Bonchev–Trinajstić information content (AvgIpc) is 2.80. The second kappa shape index (κ2) is 21.1. The molecule has 0 spiro atoms. The summed E-state index contributed by atoms with van der Waals surface area (Å²) in [5, 5.41) is 2.57. The van der Waals surface area contributed by atoms with Crippen LogP contribution in [0.2, 0.25) is 0 Å². The first-order valence-electron chi connectivity index (χ1n) is 13.6. The van der Waals surface area contributed by atoms with E-state index in [0.717, 1.165) is 33.1 Å². The minimum atomic E-state index is -1.32. The number of esters is 4. The fraction of sp³-hybridized carbons (Fsp3) is 0.750. The molecule has 10 heteroatoms. The molecular weight excluding hydrogens is 494 g/mol.